The molecule has 0 radical (unpaired) electrons. The zero-order chi connectivity index (χ0) is 28.8. The Balaban J connectivity index is 1.64. The minimum absolute atomic E-state index is 0.0216. The third-order valence-electron chi connectivity index (χ3n) is 8.23. The Morgan fingerprint density at radius 3 is 2.38 bits per heavy atom. The van der Waals surface area contributed by atoms with Crippen molar-refractivity contribution in [3.8, 4) is 5.75 Å². The summed E-state index contributed by atoms with van der Waals surface area (Å²) in [5.74, 6) is -1.69. The van der Waals surface area contributed by atoms with Gasteiger partial charge in [0.1, 0.15) is 17.4 Å². The highest BCUT2D eigenvalue weighted by atomic mass is 16.5. The van der Waals surface area contributed by atoms with Crippen LogP contribution in [-0.2, 0) is 19.1 Å². The molecule has 216 valence electrons. The van der Waals surface area contributed by atoms with Crippen molar-refractivity contribution in [1.29, 1.82) is 0 Å². The van der Waals surface area contributed by atoms with E-state index in [1.807, 2.05) is 27.7 Å². The molecule has 0 aliphatic carbocycles. The molecular formula is C30H45N3O6. The number of hydrogen-bond acceptors (Lipinski definition) is 6. The molecule has 3 saturated heterocycles. The first-order valence-corrected chi connectivity index (χ1v) is 14.2. The third kappa shape index (κ3) is 5.53. The van der Waals surface area contributed by atoms with Crippen molar-refractivity contribution in [3.63, 3.8) is 0 Å². The number of anilines is 1. The van der Waals surface area contributed by atoms with E-state index in [0.29, 0.717) is 37.3 Å². The molecule has 2 bridgehead atoms. The van der Waals surface area contributed by atoms with Crippen LogP contribution in [0.4, 0.5) is 5.69 Å². The molecule has 39 heavy (non-hydrogen) atoms. The highest BCUT2D eigenvalue weighted by Gasteiger charge is 2.75. The molecule has 9 heteroatoms. The van der Waals surface area contributed by atoms with Crippen LogP contribution in [0, 0.1) is 17.3 Å². The first-order valence-electron chi connectivity index (χ1n) is 14.2. The maximum Gasteiger partial charge on any atom is 0.246 e. The molecule has 1 spiro atoms. The first kappa shape index (κ1) is 29.3. The molecule has 2 unspecified atom stereocenters. The summed E-state index contributed by atoms with van der Waals surface area (Å²) < 4.78 is 12.0. The minimum Gasteiger partial charge on any atom is -0.494 e. The van der Waals surface area contributed by atoms with Crippen LogP contribution < -0.4 is 15.4 Å². The molecule has 1 aromatic rings. The second-order valence-corrected chi connectivity index (χ2v) is 13.1. The molecule has 0 aromatic heterocycles. The second-order valence-electron chi connectivity index (χ2n) is 13.1. The number of aliphatic hydroxyl groups is 1. The van der Waals surface area contributed by atoms with E-state index in [-0.39, 0.29) is 29.7 Å². The number of fused-ring (bicyclic) bond motifs is 1. The monoisotopic (exact) mass is 543 g/mol. The summed E-state index contributed by atoms with van der Waals surface area (Å²) in [6.07, 6.45) is 1.86. The van der Waals surface area contributed by atoms with E-state index in [1.165, 1.54) is 4.90 Å². The average Bonchev–Trinajstić information content (AvgIpc) is 3.47. The smallest absolute Gasteiger partial charge is 0.246 e. The van der Waals surface area contributed by atoms with Crippen molar-refractivity contribution in [2.24, 2.45) is 17.3 Å². The predicted octanol–water partition coefficient (Wildman–Crippen LogP) is 3.50. The predicted molar refractivity (Wildman–Crippen MR) is 148 cm³/mol. The number of benzene rings is 1. The first-order chi connectivity index (χ1) is 18.3. The van der Waals surface area contributed by atoms with Gasteiger partial charge in [-0.3, -0.25) is 14.4 Å². The summed E-state index contributed by atoms with van der Waals surface area (Å²) in [4.78, 5) is 43.3. The topological polar surface area (TPSA) is 117 Å². The van der Waals surface area contributed by atoms with E-state index in [4.69, 9.17) is 9.47 Å². The number of carbonyl (C=O) groups excluding carboxylic acids is 3. The van der Waals surface area contributed by atoms with Crippen LogP contribution in [-0.4, -0.2) is 70.3 Å². The van der Waals surface area contributed by atoms with E-state index >= 15 is 0 Å². The van der Waals surface area contributed by atoms with Crippen LogP contribution in [0.25, 0.3) is 0 Å². The van der Waals surface area contributed by atoms with Crippen molar-refractivity contribution < 1.29 is 29.0 Å². The molecule has 6 atom stereocenters. The quantitative estimate of drug-likeness (QED) is 0.416. The fourth-order valence-electron chi connectivity index (χ4n) is 7.30. The van der Waals surface area contributed by atoms with Gasteiger partial charge in [0.25, 0.3) is 0 Å². The summed E-state index contributed by atoms with van der Waals surface area (Å²) in [5, 5.41) is 16.3. The van der Waals surface area contributed by atoms with Gasteiger partial charge in [0.15, 0.2) is 0 Å². The van der Waals surface area contributed by atoms with E-state index in [0.717, 1.165) is 6.42 Å². The van der Waals surface area contributed by atoms with Crippen molar-refractivity contribution in [2.45, 2.75) is 103 Å². The molecule has 3 amide bonds. The number of carbonyl (C=O) groups is 3. The van der Waals surface area contributed by atoms with Gasteiger partial charge in [0.2, 0.25) is 17.7 Å². The fraction of sp³-hybridized carbons (Fsp3) is 0.700. The Morgan fingerprint density at radius 1 is 1.15 bits per heavy atom. The summed E-state index contributed by atoms with van der Waals surface area (Å²) in [5.41, 5.74) is -1.05. The van der Waals surface area contributed by atoms with Crippen LogP contribution in [0.15, 0.2) is 24.3 Å². The lowest BCUT2D eigenvalue weighted by Crippen LogP contribution is -2.61. The lowest BCUT2D eigenvalue weighted by atomic mass is 9.70. The van der Waals surface area contributed by atoms with Gasteiger partial charge in [0.05, 0.1) is 37.2 Å². The highest BCUT2D eigenvalue weighted by Crippen LogP contribution is 2.59. The number of amides is 3. The van der Waals surface area contributed by atoms with Crippen LogP contribution >= 0.6 is 0 Å². The van der Waals surface area contributed by atoms with Crippen molar-refractivity contribution in [1.82, 2.24) is 10.2 Å². The van der Waals surface area contributed by atoms with E-state index < -0.39 is 41.2 Å². The molecule has 3 aliphatic rings. The van der Waals surface area contributed by atoms with Crippen LogP contribution in [0.5, 0.6) is 5.75 Å². The second kappa shape index (κ2) is 10.7. The summed E-state index contributed by atoms with van der Waals surface area (Å²) >= 11 is 0. The SMILES string of the molecule is CCOc1ccc(NC(=O)[C@@H]2[C@@H]3CCC4(O3)C(C(=O)NC(C)(C)CC(C)(C)C)N([C@@H](CC)CO)C(=O)[C@H]24)cc1. The van der Waals surface area contributed by atoms with Gasteiger partial charge in [-0.05, 0) is 76.1 Å². The summed E-state index contributed by atoms with van der Waals surface area (Å²) in [6.45, 7) is 14.4. The molecule has 4 rings (SSSR count). The van der Waals surface area contributed by atoms with Gasteiger partial charge < -0.3 is 30.1 Å². The molecule has 1 aromatic carbocycles. The van der Waals surface area contributed by atoms with Gasteiger partial charge in [-0.15, -0.1) is 0 Å². The average molecular weight is 544 g/mol. The van der Waals surface area contributed by atoms with Gasteiger partial charge in [-0.25, -0.2) is 0 Å². The molecule has 3 fully saturated rings. The lowest BCUT2D eigenvalue weighted by Gasteiger charge is -2.40. The number of aliphatic hydroxyl groups excluding tert-OH is 1. The highest BCUT2D eigenvalue weighted by molar-refractivity contribution is 6.02. The molecule has 0 saturated carbocycles. The number of nitrogens with one attached hydrogen (secondary N) is 2. The zero-order valence-corrected chi connectivity index (χ0v) is 24.4. The maximum atomic E-state index is 14.1. The van der Waals surface area contributed by atoms with Crippen molar-refractivity contribution >= 4 is 23.4 Å². The van der Waals surface area contributed by atoms with Crippen molar-refractivity contribution in [3.05, 3.63) is 24.3 Å². The Morgan fingerprint density at radius 2 is 1.82 bits per heavy atom. The van der Waals surface area contributed by atoms with Crippen LogP contribution in [0.1, 0.15) is 74.1 Å². The summed E-state index contributed by atoms with van der Waals surface area (Å²) in [6, 6.07) is 5.64. The minimum atomic E-state index is -1.10. The van der Waals surface area contributed by atoms with Crippen LogP contribution in [0.3, 0.4) is 0 Å². The maximum absolute atomic E-state index is 14.1. The largest absolute Gasteiger partial charge is 0.494 e. The van der Waals surface area contributed by atoms with Gasteiger partial charge in [-0.2, -0.15) is 0 Å². The van der Waals surface area contributed by atoms with Gasteiger partial charge in [0, 0.05) is 11.2 Å². The lowest BCUT2D eigenvalue weighted by molar-refractivity contribution is -0.146. The molecule has 3 heterocycles. The Kier molecular flexibility index (Phi) is 8.07. The Bertz CT molecular complexity index is 1080. The molecule has 3 N–H and O–H groups in total. The van der Waals surface area contributed by atoms with E-state index in [9.17, 15) is 19.5 Å². The van der Waals surface area contributed by atoms with Crippen LogP contribution in [0.2, 0.25) is 0 Å². The number of likely N-dealkylation sites (tertiary alicyclic amines) is 1. The van der Waals surface area contributed by atoms with E-state index in [2.05, 4.69) is 31.4 Å². The molecule has 9 nitrogen and oxygen atoms in total. The van der Waals surface area contributed by atoms with Gasteiger partial charge in [-0.1, -0.05) is 27.7 Å². The third-order valence-corrected chi connectivity index (χ3v) is 8.23. The molecule has 3 aliphatic heterocycles. The van der Waals surface area contributed by atoms with Gasteiger partial charge >= 0.3 is 0 Å². The standard InChI is InChI=1S/C30H45N3O6/c1-8-19(16-34)33-24(26(36)32-29(6,7)17-28(3,4)5)30-15-14-21(39-30)22(23(30)27(33)37)25(35)31-18-10-12-20(13-11-18)38-9-2/h10-13,19,21-24,34H,8-9,14-17H2,1-7H3,(H,31,35)(H,32,36)/t19-,21-,22+,23-,24?,30?/m0/s1. The number of hydrogen-bond donors (Lipinski definition) is 3. The zero-order valence-electron chi connectivity index (χ0n) is 24.4. The molecular weight excluding hydrogens is 498 g/mol. The number of nitrogens with zero attached hydrogens (tertiary/aromatic N) is 1. The number of rotatable bonds is 10. The fourth-order valence-corrected chi connectivity index (χ4v) is 7.30. The number of ether oxygens (including phenoxy) is 2. The van der Waals surface area contributed by atoms with Crippen molar-refractivity contribution in [2.75, 3.05) is 18.5 Å². The Labute approximate surface area is 232 Å². The summed E-state index contributed by atoms with van der Waals surface area (Å²) in [7, 11) is 0. The Hall–Kier alpha value is -2.65. The van der Waals surface area contributed by atoms with E-state index in [1.54, 1.807) is 24.3 Å². The normalized spacial score (nSPS) is 28.8.